The Balaban J connectivity index is 1.30. The summed E-state index contributed by atoms with van der Waals surface area (Å²) in [4.78, 5) is 25.3. The van der Waals surface area contributed by atoms with Crippen molar-refractivity contribution in [2.45, 2.75) is 212 Å². The van der Waals surface area contributed by atoms with Crippen molar-refractivity contribution in [3.05, 3.63) is 0 Å². The third kappa shape index (κ3) is 14.2. The lowest BCUT2D eigenvalue weighted by Crippen LogP contribution is -2.70. The molecule has 6 aliphatic heterocycles. The first-order chi connectivity index (χ1) is 35.1. The second-order valence-corrected chi connectivity index (χ2v) is 19.9. The second kappa shape index (κ2) is 25.9. The summed E-state index contributed by atoms with van der Waals surface area (Å²) in [5, 5.41) is 167. The fraction of sp³-hybridized carbons (Fsp3) is 0.950. The number of nitrogens with one attached hydrogen (secondary N) is 2. The van der Waals surface area contributed by atoms with E-state index in [0.29, 0.717) is 0 Å². The van der Waals surface area contributed by atoms with Crippen LogP contribution in [0.2, 0.25) is 0 Å². The minimum Gasteiger partial charge on any atom is -0.394 e. The standard InChI is InChI=1S/C40H68N2O32S/c1-9-19(47)25(53)29(57)37(65-9)73-33-27(55)21(49)13(5-43)68-39(33)71-31-17(41-11(3)45)35(59)67-15(23(31)51)7-63-36-18(42-12(4)46)32(24(52)16(70-36)8-64-75(60,61)62)72-40-34(28(56)22(50)14(6-44)69-40)74-38-30(58)26(54)20(48)10(2)66-38/h9-10,13-40,43-44,47-59H,5-8H2,1-4H3,(H,41,45)(H,42,46)(H,60,61,62)/t9-,10-,13+,14+,15+,16+,17+,18+,19+,20+,21-,22-,23-,24+,25+,26+,27-,28-,29-,30-,31+,32+,33+,34+,35?,36?,37?,38?,39?,40?/m0/s1. The highest BCUT2D eigenvalue weighted by Gasteiger charge is 2.57. The Kier molecular flexibility index (Phi) is 21.4. The number of aliphatic hydroxyl groups excluding tert-OH is 15. The number of amides is 2. The molecule has 0 spiro atoms. The van der Waals surface area contributed by atoms with Crippen molar-refractivity contribution in [2.24, 2.45) is 0 Å². The van der Waals surface area contributed by atoms with Crippen LogP contribution in [0.15, 0.2) is 0 Å². The Morgan fingerprint density at radius 3 is 1.24 bits per heavy atom. The molecule has 436 valence electrons. The molecule has 6 unspecified atom stereocenters. The summed E-state index contributed by atoms with van der Waals surface area (Å²) in [6.07, 6.45) is -53.0. The highest BCUT2D eigenvalue weighted by molar-refractivity contribution is 7.80. The van der Waals surface area contributed by atoms with E-state index in [9.17, 15) is 99.2 Å². The fourth-order valence-electron chi connectivity index (χ4n) is 9.20. The summed E-state index contributed by atoms with van der Waals surface area (Å²) in [6, 6.07) is -3.59. The van der Waals surface area contributed by atoms with Crippen LogP contribution in [-0.4, -0.2) is 312 Å². The molecule has 0 saturated carbocycles. The van der Waals surface area contributed by atoms with Crippen LogP contribution < -0.4 is 10.6 Å². The summed E-state index contributed by atoms with van der Waals surface area (Å²) >= 11 is 0. The minimum absolute atomic E-state index is 0.841. The Hall–Kier alpha value is -2.23. The Bertz CT molecular complexity index is 1970. The Labute approximate surface area is 425 Å². The molecule has 6 heterocycles. The molecule has 30 atom stereocenters. The van der Waals surface area contributed by atoms with Crippen molar-refractivity contribution >= 4 is 22.2 Å². The van der Waals surface area contributed by atoms with Crippen LogP contribution in [0.5, 0.6) is 0 Å². The number of hydrogen-bond acceptors (Lipinski definition) is 31. The predicted octanol–water partition coefficient (Wildman–Crippen LogP) is -11.9. The van der Waals surface area contributed by atoms with Crippen LogP contribution in [0.4, 0.5) is 0 Å². The lowest BCUT2D eigenvalue weighted by Gasteiger charge is -2.50. The maximum Gasteiger partial charge on any atom is 0.397 e. The number of hydrogen-bond donors (Lipinski definition) is 18. The van der Waals surface area contributed by atoms with Gasteiger partial charge in [0.05, 0.1) is 38.6 Å². The van der Waals surface area contributed by atoms with Crippen molar-refractivity contribution in [3.63, 3.8) is 0 Å². The van der Waals surface area contributed by atoms with Crippen molar-refractivity contribution in [3.8, 4) is 0 Å². The number of aliphatic hydroxyl groups is 15. The average molecular weight is 1120 g/mol. The molecule has 6 aliphatic rings. The topological polar surface area (TPSA) is 527 Å². The summed E-state index contributed by atoms with van der Waals surface area (Å²) < 4.78 is 101. The molecule has 6 rings (SSSR count). The Morgan fingerprint density at radius 2 is 0.827 bits per heavy atom. The lowest BCUT2D eigenvalue weighted by atomic mass is 9.94. The molecular weight excluding hydrogens is 1050 g/mol. The molecule has 6 fully saturated rings. The minimum atomic E-state index is -5.30. The molecule has 2 amide bonds. The van der Waals surface area contributed by atoms with Crippen molar-refractivity contribution in [2.75, 3.05) is 26.4 Å². The fourth-order valence-corrected chi connectivity index (χ4v) is 9.51. The van der Waals surface area contributed by atoms with Crippen molar-refractivity contribution in [1.29, 1.82) is 0 Å². The highest BCUT2D eigenvalue weighted by Crippen LogP contribution is 2.36. The van der Waals surface area contributed by atoms with Gasteiger partial charge in [0.1, 0.15) is 134 Å². The summed E-state index contributed by atoms with van der Waals surface area (Å²) in [7, 11) is -5.30. The molecule has 0 radical (unpaired) electrons. The molecule has 34 nitrogen and oxygen atoms in total. The first-order valence-corrected chi connectivity index (χ1v) is 24.8. The molecule has 0 bridgehead atoms. The molecule has 35 heteroatoms. The van der Waals surface area contributed by atoms with E-state index < -0.39 is 233 Å². The van der Waals surface area contributed by atoms with Crippen LogP contribution in [0, 0.1) is 0 Å². The molecule has 18 N–H and O–H groups in total. The molecule has 0 aromatic carbocycles. The second-order valence-electron chi connectivity index (χ2n) is 18.8. The molecule has 6 saturated heterocycles. The van der Waals surface area contributed by atoms with Gasteiger partial charge in [-0.2, -0.15) is 8.42 Å². The Morgan fingerprint density at radius 1 is 0.440 bits per heavy atom. The highest BCUT2D eigenvalue weighted by atomic mass is 32.3. The number of ether oxygens (including phenoxy) is 11. The van der Waals surface area contributed by atoms with E-state index in [2.05, 4.69) is 14.8 Å². The van der Waals surface area contributed by atoms with E-state index >= 15 is 0 Å². The summed E-state index contributed by atoms with van der Waals surface area (Å²) in [5.74, 6) is -1.75. The van der Waals surface area contributed by atoms with Crippen molar-refractivity contribution in [1.82, 2.24) is 10.6 Å². The molecule has 0 aliphatic carbocycles. The van der Waals surface area contributed by atoms with Gasteiger partial charge in [-0.15, -0.1) is 0 Å². The zero-order valence-electron chi connectivity index (χ0n) is 40.2. The maximum absolute atomic E-state index is 12.8. The van der Waals surface area contributed by atoms with E-state index in [1.807, 2.05) is 0 Å². The van der Waals surface area contributed by atoms with Crippen LogP contribution in [0.25, 0.3) is 0 Å². The van der Waals surface area contributed by atoms with Gasteiger partial charge >= 0.3 is 10.4 Å². The van der Waals surface area contributed by atoms with Crippen molar-refractivity contribution < 1.29 is 155 Å². The first kappa shape index (κ1) is 62.0. The van der Waals surface area contributed by atoms with E-state index in [1.165, 1.54) is 13.8 Å². The third-order valence-electron chi connectivity index (χ3n) is 13.3. The monoisotopic (exact) mass is 1120 g/mol. The van der Waals surface area contributed by atoms with Gasteiger partial charge in [0, 0.05) is 13.8 Å². The van der Waals surface area contributed by atoms with E-state index in [-0.39, 0.29) is 0 Å². The largest absolute Gasteiger partial charge is 0.397 e. The van der Waals surface area contributed by atoms with Gasteiger partial charge in [-0.25, -0.2) is 4.18 Å². The van der Waals surface area contributed by atoms with Gasteiger partial charge in [0.15, 0.2) is 37.7 Å². The molecule has 0 aromatic rings. The SMILES string of the molecule is CC(=O)N[C@H]1C(O)O[C@H](COC2O[C@H](COS(=O)(=O)O)[C@@H](O)[C@H](OC3O[C@H](CO)[C@H](O)[C@H](O)[C@H]3OC3O[C@@H](C)[C@@H](O)[C@@H](O)[C@@H]3O)[C@H]2NC(C)=O)[C@H](O)[C@@H]1OC1O[C@H](CO)[C@H](O)[C@H](O)[C@H]1OC1O[C@@H](C)[C@@H](O)[C@@H](O)[C@@H]1O. The van der Waals surface area contributed by atoms with Gasteiger partial charge in [-0.1, -0.05) is 0 Å². The zero-order valence-corrected chi connectivity index (χ0v) is 41.1. The van der Waals surface area contributed by atoms with Gasteiger partial charge in [-0.3, -0.25) is 14.1 Å². The van der Waals surface area contributed by atoms with Crippen LogP contribution in [-0.2, 0) is 76.3 Å². The van der Waals surface area contributed by atoms with Gasteiger partial charge in [0.2, 0.25) is 11.8 Å². The smallest absolute Gasteiger partial charge is 0.394 e. The normalized spacial score (nSPS) is 49.0. The maximum atomic E-state index is 12.8. The van der Waals surface area contributed by atoms with Crippen LogP contribution in [0.1, 0.15) is 27.7 Å². The lowest BCUT2D eigenvalue weighted by molar-refractivity contribution is -0.384. The summed E-state index contributed by atoms with van der Waals surface area (Å²) in [6.45, 7) is 0.354. The number of rotatable bonds is 18. The molecule has 75 heavy (non-hydrogen) atoms. The van der Waals surface area contributed by atoms with Gasteiger partial charge < -0.3 is 139 Å². The third-order valence-corrected chi connectivity index (χ3v) is 13.8. The van der Waals surface area contributed by atoms with Crippen LogP contribution >= 0.6 is 0 Å². The molecular formula is C40H68N2O32S. The quantitative estimate of drug-likeness (QED) is 0.0567. The zero-order chi connectivity index (χ0) is 55.7. The average Bonchev–Trinajstić information content (AvgIpc) is 3.34. The number of carbonyl (C=O) groups is 2. The van der Waals surface area contributed by atoms with E-state index in [0.717, 1.165) is 13.8 Å². The summed E-state index contributed by atoms with van der Waals surface area (Å²) in [5.41, 5.74) is 0. The van der Waals surface area contributed by atoms with Crippen LogP contribution in [0.3, 0.4) is 0 Å². The van der Waals surface area contributed by atoms with E-state index in [4.69, 9.17) is 52.1 Å². The predicted molar refractivity (Wildman–Crippen MR) is 230 cm³/mol. The molecule has 0 aromatic heterocycles. The van der Waals surface area contributed by atoms with E-state index in [1.54, 1.807) is 0 Å². The van der Waals surface area contributed by atoms with Gasteiger partial charge in [-0.05, 0) is 13.8 Å². The van der Waals surface area contributed by atoms with Gasteiger partial charge in [0.25, 0.3) is 0 Å². The number of carbonyl (C=O) groups excluding carboxylic acids is 2. The first-order valence-electron chi connectivity index (χ1n) is 23.5.